The van der Waals surface area contributed by atoms with Crippen LogP contribution in [0.3, 0.4) is 0 Å². The van der Waals surface area contributed by atoms with Gasteiger partial charge in [-0.1, -0.05) is 0 Å². The molecular formula is C19H24N4O2. The molecule has 0 unspecified atom stereocenters. The van der Waals surface area contributed by atoms with Crippen molar-refractivity contribution in [2.24, 2.45) is 7.05 Å². The van der Waals surface area contributed by atoms with E-state index in [4.69, 9.17) is 0 Å². The van der Waals surface area contributed by atoms with Crippen LogP contribution in [0.25, 0.3) is 0 Å². The Morgan fingerprint density at radius 1 is 1.16 bits per heavy atom. The van der Waals surface area contributed by atoms with Gasteiger partial charge < -0.3 is 14.8 Å². The van der Waals surface area contributed by atoms with Crippen LogP contribution in [0.2, 0.25) is 0 Å². The third-order valence-corrected chi connectivity index (χ3v) is 4.58. The van der Waals surface area contributed by atoms with Crippen molar-refractivity contribution >= 4 is 11.8 Å². The van der Waals surface area contributed by atoms with Crippen LogP contribution < -0.4 is 5.32 Å². The van der Waals surface area contributed by atoms with Crippen molar-refractivity contribution in [3.63, 3.8) is 0 Å². The molecule has 0 bridgehead atoms. The Kier molecular flexibility index (Phi) is 5.48. The van der Waals surface area contributed by atoms with Gasteiger partial charge in [-0.3, -0.25) is 14.6 Å². The molecule has 0 atom stereocenters. The lowest BCUT2D eigenvalue weighted by molar-refractivity contribution is -0.130. The number of rotatable bonds is 6. The number of aromatic nitrogens is 2. The number of nitrogens with zero attached hydrogens (tertiary/aromatic N) is 3. The minimum absolute atomic E-state index is 0.114. The molecule has 1 N–H and O–H groups in total. The molecule has 6 nitrogen and oxygen atoms in total. The van der Waals surface area contributed by atoms with Crippen molar-refractivity contribution in [2.45, 2.75) is 32.2 Å². The highest BCUT2D eigenvalue weighted by Gasteiger charge is 2.18. The lowest BCUT2D eigenvalue weighted by atomic mass is 10.1. The second kappa shape index (κ2) is 7.96. The smallest absolute Gasteiger partial charge is 0.268 e. The molecule has 1 aliphatic heterocycles. The Balaban J connectivity index is 1.54. The Morgan fingerprint density at radius 3 is 2.60 bits per heavy atom. The Hall–Kier alpha value is -2.63. The van der Waals surface area contributed by atoms with E-state index in [0.29, 0.717) is 25.1 Å². The van der Waals surface area contributed by atoms with Gasteiger partial charge >= 0.3 is 0 Å². The summed E-state index contributed by atoms with van der Waals surface area (Å²) in [6, 6.07) is 5.63. The predicted molar refractivity (Wildman–Crippen MR) is 95.0 cm³/mol. The minimum atomic E-state index is -0.114. The highest BCUT2D eigenvalue weighted by Crippen LogP contribution is 2.13. The van der Waals surface area contributed by atoms with Crippen LogP contribution in [0.5, 0.6) is 0 Å². The summed E-state index contributed by atoms with van der Waals surface area (Å²) < 4.78 is 1.82. The molecule has 0 aromatic carbocycles. The summed E-state index contributed by atoms with van der Waals surface area (Å²) in [6.45, 7) is 2.24. The lowest BCUT2D eigenvalue weighted by Crippen LogP contribution is -2.27. The fraction of sp³-hybridized carbons (Fsp3) is 0.421. The van der Waals surface area contributed by atoms with Crippen molar-refractivity contribution in [2.75, 3.05) is 13.1 Å². The van der Waals surface area contributed by atoms with Gasteiger partial charge in [-0.15, -0.1) is 0 Å². The second-order valence-corrected chi connectivity index (χ2v) is 6.47. The average Bonchev–Trinajstić information content (AvgIpc) is 3.28. The number of aryl methyl sites for hydroxylation is 2. The molecule has 3 heterocycles. The topological polar surface area (TPSA) is 67.2 Å². The Labute approximate surface area is 147 Å². The van der Waals surface area contributed by atoms with Crippen LogP contribution in [0.4, 0.5) is 0 Å². The third kappa shape index (κ3) is 4.47. The highest BCUT2D eigenvalue weighted by atomic mass is 16.2. The van der Waals surface area contributed by atoms with Crippen molar-refractivity contribution in [3.8, 4) is 0 Å². The molecule has 132 valence electrons. The number of amides is 2. The van der Waals surface area contributed by atoms with E-state index < -0.39 is 0 Å². The fourth-order valence-corrected chi connectivity index (χ4v) is 3.14. The zero-order valence-electron chi connectivity index (χ0n) is 14.6. The van der Waals surface area contributed by atoms with Crippen molar-refractivity contribution < 1.29 is 9.59 Å². The third-order valence-electron chi connectivity index (χ3n) is 4.58. The molecule has 0 radical (unpaired) electrons. The van der Waals surface area contributed by atoms with Crippen LogP contribution in [-0.4, -0.2) is 39.4 Å². The standard InChI is InChI=1S/C19H24N4O2/c1-22-14-16(4-5-18(24)23-10-2-3-11-23)12-17(22)19(25)21-13-15-6-8-20-9-7-15/h6-9,12,14H,2-5,10-11,13H2,1H3,(H,21,25). The summed E-state index contributed by atoms with van der Waals surface area (Å²) in [6.07, 6.45) is 8.73. The van der Waals surface area contributed by atoms with E-state index in [0.717, 1.165) is 37.1 Å². The minimum Gasteiger partial charge on any atom is -0.347 e. The maximum Gasteiger partial charge on any atom is 0.268 e. The molecule has 2 aromatic rings. The first kappa shape index (κ1) is 17.2. The van der Waals surface area contributed by atoms with E-state index in [-0.39, 0.29) is 11.8 Å². The molecule has 6 heteroatoms. The fourth-order valence-electron chi connectivity index (χ4n) is 3.14. The van der Waals surface area contributed by atoms with Crippen molar-refractivity contribution in [1.82, 2.24) is 19.8 Å². The normalized spacial score (nSPS) is 13.9. The lowest BCUT2D eigenvalue weighted by Gasteiger charge is -2.14. The van der Waals surface area contributed by atoms with Crippen LogP contribution >= 0.6 is 0 Å². The van der Waals surface area contributed by atoms with Gasteiger partial charge in [0.25, 0.3) is 5.91 Å². The van der Waals surface area contributed by atoms with Gasteiger partial charge in [0.05, 0.1) is 0 Å². The van der Waals surface area contributed by atoms with Gasteiger partial charge in [-0.2, -0.15) is 0 Å². The largest absolute Gasteiger partial charge is 0.347 e. The number of carbonyl (C=O) groups excluding carboxylic acids is 2. The van der Waals surface area contributed by atoms with Gasteiger partial charge in [0, 0.05) is 51.7 Å². The van der Waals surface area contributed by atoms with E-state index in [2.05, 4.69) is 10.3 Å². The monoisotopic (exact) mass is 340 g/mol. The number of hydrogen-bond acceptors (Lipinski definition) is 3. The van der Waals surface area contributed by atoms with Crippen molar-refractivity contribution in [3.05, 3.63) is 53.6 Å². The van der Waals surface area contributed by atoms with Crippen LogP contribution in [0.1, 0.15) is 40.9 Å². The van der Waals surface area contributed by atoms with Crippen LogP contribution in [-0.2, 0) is 24.8 Å². The van der Waals surface area contributed by atoms with Gasteiger partial charge in [-0.05, 0) is 48.6 Å². The molecule has 1 fully saturated rings. The number of carbonyl (C=O) groups is 2. The van der Waals surface area contributed by atoms with E-state index in [1.165, 1.54) is 0 Å². The van der Waals surface area contributed by atoms with Crippen LogP contribution in [0, 0.1) is 0 Å². The predicted octanol–water partition coefficient (Wildman–Crippen LogP) is 1.91. The molecule has 0 spiro atoms. The summed E-state index contributed by atoms with van der Waals surface area (Å²) >= 11 is 0. The summed E-state index contributed by atoms with van der Waals surface area (Å²) in [7, 11) is 1.85. The molecule has 2 aromatic heterocycles. The SMILES string of the molecule is Cn1cc(CCC(=O)N2CCCC2)cc1C(=O)NCc1ccncc1. The summed E-state index contributed by atoms with van der Waals surface area (Å²) in [5.74, 6) is 0.0986. The number of nitrogens with one attached hydrogen (secondary N) is 1. The Bertz CT molecular complexity index is 733. The number of hydrogen-bond donors (Lipinski definition) is 1. The molecule has 3 rings (SSSR count). The number of pyridine rings is 1. The van der Waals surface area contributed by atoms with Gasteiger partial charge in [0.1, 0.15) is 5.69 Å². The first-order valence-electron chi connectivity index (χ1n) is 8.73. The zero-order chi connectivity index (χ0) is 17.6. The number of likely N-dealkylation sites (tertiary alicyclic amines) is 1. The molecule has 0 aliphatic carbocycles. The summed E-state index contributed by atoms with van der Waals surface area (Å²) in [5.41, 5.74) is 2.63. The van der Waals surface area contributed by atoms with Crippen molar-refractivity contribution in [1.29, 1.82) is 0 Å². The highest BCUT2D eigenvalue weighted by molar-refractivity contribution is 5.93. The average molecular weight is 340 g/mol. The molecular weight excluding hydrogens is 316 g/mol. The van der Waals surface area contributed by atoms with E-state index >= 15 is 0 Å². The molecule has 1 saturated heterocycles. The zero-order valence-corrected chi connectivity index (χ0v) is 14.6. The molecule has 0 saturated carbocycles. The maximum absolute atomic E-state index is 12.4. The molecule has 25 heavy (non-hydrogen) atoms. The van der Waals surface area contributed by atoms with E-state index in [1.807, 2.05) is 40.9 Å². The van der Waals surface area contributed by atoms with Crippen LogP contribution in [0.15, 0.2) is 36.8 Å². The Morgan fingerprint density at radius 2 is 1.88 bits per heavy atom. The van der Waals surface area contributed by atoms with Gasteiger partial charge in [0.15, 0.2) is 0 Å². The summed E-state index contributed by atoms with van der Waals surface area (Å²) in [5, 5.41) is 2.92. The first-order valence-corrected chi connectivity index (χ1v) is 8.73. The summed E-state index contributed by atoms with van der Waals surface area (Å²) in [4.78, 5) is 30.4. The molecule has 1 aliphatic rings. The molecule has 2 amide bonds. The maximum atomic E-state index is 12.4. The quantitative estimate of drug-likeness (QED) is 0.873. The second-order valence-electron chi connectivity index (χ2n) is 6.47. The van der Waals surface area contributed by atoms with E-state index in [1.54, 1.807) is 12.4 Å². The first-order chi connectivity index (χ1) is 12.1. The van der Waals surface area contributed by atoms with Gasteiger partial charge in [0.2, 0.25) is 5.91 Å². The van der Waals surface area contributed by atoms with Gasteiger partial charge in [-0.25, -0.2) is 0 Å². The van der Waals surface area contributed by atoms with E-state index in [9.17, 15) is 9.59 Å².